The SMILES string of the molecule is C/C=C\C(=C/CC)c1ccc(C)cc1.C=C(NC(C)C(/C=C\C)=C/C)C(C(/C=C\C)=C/NC)C(C)N.C=CC. The summed E-state index contributed by atoms with van der Waals surface area (Å²) < 4.78 is 0. The number of nitrogens with two attached hydrogens (primary N) is 1. The highest BCUT2D eigenvalue weighted by Crippen LogP contribution is 2.23. The van der Waals surface area contributed by atoms with Gasteiger partial charge in [0.05, 0.1) is 0 Å². The second-order valence-corrected chi connectivity index (χ2v) is 9.29. The Bertz CT molecular complexity index is 983. The van der Waals surface area contributed by atoms with Gasteiger partial charge in [-0.3, -0.25) is 0 Å². The topological polar surface area (TPSA) is 50.1 Å². The molecule has 0 heterocycles. The Kier molecular flexibility index (Phi) is 23.1. The van der Waals surface area contributed by atoms with Gasteiger partial charge in [-0.25, -0.2) is 0 Å². The summed E-state index contributed by atoms with van der Waals surface area (Å²) in [6, 6.07) is 8.83. The van der Waals surface area contributed by atoms with E-state index in [0.717, 1.165) is 17.7 Å². The third-order valence-electron chi connectivity index (χ3n) is 5.68. The summed E-state index contributed by atoms with van der Waals surface area (Å²) in [5.41, 5.74) is 13.4. The first kappa shape index (κ1) is 37.9. The summed E-state index contributed by atoms with van der Waals surface area (Å²) in [6.45, 7) is 26.0. The van der Waals surface area contributed by atoms with Crippen molar-refractivity contribution in [2.45, 2.75) is 80.8 Å². The van der Waals surface area contributed by atoms with Crippen LogP contribution in [0.25, 0.3) is 5.57 Å². The van der Waals surface area contributed by atoms with Crippen LogP contribution in [-0.4, -0.2) is 19.1 Å². The van der Waals surface area contributed by atoms with Gasteiger partial charge in [0.15, 0.2) is 0 Å². The van der Waals surface area contributed by atoms with E-state index >= 15 is 0 Å². The third-order valence-corrected chi connectivity index (χ3v) is 5.68. The minimum Gasteiger partial charge on any atom is -0.394 e. The molecule has 0 spiro atoms. The Balaban J connectivity index is 0. The number of hydrogen-bond acceptors (Lipinski definition) is 3. The molecule has 3 heteroatoms. The molecule has 0 saturated carbocycles. The highest BCUT2D eigenvalue weighted by Gasteiger charge is 2.22. The Labute approximate surface area is 241 Å². The van der Waals surface area contributed by atoms with Gasteiger partial charge in [0.25, 0.3) is 0 Å². The molecule has 3 nitrogen and oxygen atoms in total. The molecule has 3 unspecified atom stereocenters. The van der Waals surface area contributed by atoms with Crippen LogP contribution in [0.1, 0.15) is 72.9 Å². The molecule has 1 aromatic rings. The molecule has 216 valence electrons. The molecule has 0 bridgehead atoms. The van der Waals surface area contributed by atoms with E-state index in [2.05, 4.69) is 112 Å². The molecule has 39 heavy (non-hydrogen) atoms. The van der Waals surface area contributed by atoms with E-state index in [9.17, 15) is 0 Å². The number of allylic oxidation sites excluding steroid dienone is 9. The molecule has 0 aliphatic carbocycles. The van der Waals surface area contributed by atoms with Gasteiger partial charge in [0.2, 0.25) is 0 Å². The molecule has 1 rings (SSSR count). The lowest BCUT2D eigenvalue weighted by Crippen LogP contribution is -2.37. The van der Waals surface area contributed by atoms with Crippen LogP contribution in [0.3, 0.4) is 0 Å². The molecule has 0 amide bonds. The lowest BCUT2D eigenvalue weighted by molar-refractivity contribution is 0.528. The summed E-state index contributed by atoms with van der Waals surface area (Å²) >= 11 is 0. The largest absolute Gasteiger partial charge is 0.394 e. The van der Waals surface area contributed by atoms with Gasteiger partial charge in [0.1, 0.15) is 0 Å². The minimum atomic E-state index is -0.0289. The van der Waals surface area contributed by atoms with Crippen LogP contribution in [0, 0.1) is 12.8 Å². The molecule has 0 saturated heterocycles. The Morgan fingerprint density at radius 3 is 1.85 bits per heavy atom. The first-order valence-electron chi connectivity index (χ1n) is 14.1. The molecule has 1 aromatic carbocycles. The first-order chi connectivity index (χ1) is 18.6. The highest BCUT2D eigenvalue weighted by molar-refractivity contribution is 5.73. The van der Waals surface area contributed by atoms with Crippen molar-refractivity contribution >= 4 is 5.57 Å². The zero-order valence-electron chi connectivity index (χ0n) is 26.5. The van der Waals surface area contributed by atoms with E-state index in [-0.39, 0.29) is 18.0 Å². The maximum absolute atomic E-state index is 6.21. The van der Waals surface area contributed by atoms with Crippen molar-refractivity contribution in [3.05, 3.63) is 126 Å². The second kappa shape index (κ2) is 23.8. The first-order valence-corrected chi connectivity index (χ1v) is 14.1. The van der Waals surface area contributed by atoms with E-state index in [1.54, 1.807) is 6.08 Å². The fourth-order valence-corrected chi connectivity index (χ4v) is 3.98. The van der Waals surface area contributed by atoms with E-state index in [0.29, 0.717) is 0 Å². The van der Waals surface area contributed by atoms with Crippen LogP contribution < -0.4 is 16.4 Å². The van der Waals surface area contributed by atoms with Crippen LogP contribution in [-0.2, 0) is 0 Å². The van der Waals surface area contributed by atoms with Crippen molar-refractivity contribution in [3.8, 4) is 0 Å². The number of rotatable bonds is 12. The molecule has 0 aliphatic rings. The molecule has 0 fully saturated rings. The van der Waals surface area contributed by atoms with E-state index < -0.39 is 0 Å². The maximum atomic E-state index is 6.21. The standard InChI is InChI=1S/C19H33N3.C14H18.C3H6/c1-8-11-17(10-3)15(5)22-16(6)19(14(4)20)18(12-9-2)13-21-7;1-4-6-13(7-5-2)14-10-8-12(3)9-11-14;1-3-2/h8-15,19,21-22H,6,20H2,1-5,7H3;4,6-11H,5H2,1-3H3;3H,1H2,2H3/b11-8-,12-9-,17-10+,18-13+;6-4-,13-7+;. The van der Waals surface area contributed by atoms with E-state index in [1.165, 1.54) is 22.3 Å². The van der Waals surface area contributed by atoms with Crippen LogP contribution in [0.5, 0.6) is 0 Å². The van der Waals surface area contributed by atoms with E-state index in [4.69, 9.17) is 5.73 Å². The van der Waals surface area contributed by atoms with Gasteiger partial charge in [-0.15, -0.1) is 6.58 Å². The number of aryl methyl sites for hydroxylation is 1. The lowest BCUT2D eigenvalue weighted by atomic mass is 9.89. The number of nitrogens with one attached hydrogen (secondary N) is 2. The fraction of sp³-hybridized carbons (Fsp3) is 0.389. The predicted octanol–water partition coefficient (Wildman–Crippen LogP) is 9.20. The normalized spacial score (nSPS) is 14.7. The molecule has 0 aromatic heterocycles. The maximum Gasteiger partial charge on any atom is 0.0479 e. The summed E-state index contributed by atoms with van der Waals surface area (Å²) in [5.74, 6) is 0.0508. The van der Waals surface area contributed by atoms with Crippen LogP contribution in [0.15, 0.2) is 115 Å². The predicted molar refractivity (Wildman–Crippen MR) is 180 cm³/mol. The average Bonchev–Trinajstić information content (AvgIpc) is 2.88. The highest BCUT2D eigenvalue weighted by atomic mass is 14.9. The van der Waals surface area contributed by atoms with Gasteiger partial charge in [0, 0.05) is 36.9 Å². The van der Waals surface area contributed by atoms with Crippen molar-refractivity contribution in [1.29, 1.82) is 0 Å². The zero-order chi connectivity index (χ0) is 30.2. The number of benzene rings is 1. The van der Waals surface area contributed by atoms with Crippen molar-refractivity contribution in [2.24, 2.45) is 11.7 Å². The van der Waals surface area contributed by atoms with Gasteiger partial charge < -0.3 is 16.4 Å². The molecular weight excluding hydrogens is 474 g/mol. The third kappa shape index (κ3) is 16.3. The van der Waals surface area contributed by atoms with Crippen LogP contribution in [0.4, 0.5) is 0 Å². The van der Waals surface area contributed by atoms with Crippen molar-refractivity contribution < 1.29 is 0 Å². The molecule has 3 atom stereocenters. The van der Waals surface area contributed by atoms with Gasteiger partial charge in [-0.1, -0.05) is 98.0 Å². The lowest BCUT2D eigenvalue weighted by Gasteiger charge is -2.28. The smallest absolute Gasteiger partial charge is 0.0479 e. The van der Waals surface area contributed by atoms with E-state index in [1.807, 2.05) is 60.0 Å². The van der Waals surface area contributed by atoms with Crippen molar-refractivity contribution in [2.75, 3.05) is 7.05 Å². The molecule has 0 radical (unpaired) electrons. The summed E-state index contributed by atoms with van der Waals surface area (Å²) in [5, 5.41) is 6.59. The van der Waals surface area contributed by atoms with Crippen molar-refractivity contribution in [1.82, 2.24) is 10.6 Å². The Morgan fingerprint density at radius 2 is 1.44 bits per heavy atom. The summed E-state index contributed by atoms with van der Waals surface area (Å²) in [6.07, 6.45) is 21.7. The fourth-order valence-electron chi connectivity index (χ4n) is 3.98. The summed E-state index contributed by atoms with van der Waals surface area (Å²) in [4.78, 5) is 0. The number of hydrogen-bond donors (Lipinski definition) is 3. The van der Waals surface area contributed by atoms with Gasteiger partial charge in [-0.2, -0.15) is 0 Å². The van der Waals surface area contributed by atoms with Crippen molar-refractivity contribution in [3.63, 3.8) is 0 Å². The average molecular weight is 532 g/mol. The molecule has 4 N–H and O–H groups in total. The Hall–Kier alpha value is -3.30. The zero-order valence-corrected chi connectivity index (χ0v) is 26.5. The van der Waals surface area contributed by atoms with Crippen LogP contribution >= 0.6 is 0 Å². The quantitative estimate of drug-likeness (QED) is 0.186. The second-order valence-electron chi connectivity index (χ2n) is 9.29. The minimum absolute atomic E-state index is 0.0289. The van der Waals surface area contributed by atoms with Crippen LogP contribution in [0.2, 0.25) is 0 Å². The molecular formula is C36H57N3. The summed E-state index contributed by atoms with van der Waals surface area (Å²) in [7, 11) is 1.89. The Morgan fingerprint density at radius 1 is 0.923 bits per heavy atom. The molecule has 0 aliphatic heterocycles. The van der Waals surface area contributed by atoms with Gasteiger partial charge in [-0.05, 0) is 84.1 Å². The van der Waals surface area contributed by atoms with Gasteiger partial charge >= 0.3 is 0 Å². The monoisotopic (exact) mass is 531 g/mol.